The number of carbonyl (C=O) groups excluding carboxylic acids is 2. The van der Waals surface area contributed by atoms with Gasteiger partial charge in [-0.25, -0.2) is 0 Å². The molecule has 1 saturated heterocycles. The van der Waals surface area contributed by atoms with E-state index in [2.05, 4.69) is 15.5 Å². The molecule has 0 radical (unpaired) electrons. The van der Waals surface area contributed by atoms with Crippen molar-refractivity contribution in [2.45, 2.75) is 6.42 Å². The second kappa shape index (κ2) is 6.57. The molecule has 2 heterocycles. The van der Waals surface area contributed by atoms with E-state index in [1.54, 1.807) is 18.2 Å². The minimum atomic E-state index is -0.178. The third kappa shape index (κ3) is 3.21. The summed E-state index contributed by atoms with van der Waals surface area (Å²) >= 11 is 0. The van der Waals surface area contributed by atoms with Gasteiger partial charge in [-0.1, -0.05) is 12.1 Å². The van der Waals surface area contributed by atoms with Crippen LogP contribution in [0.3, 0.4) is 0 Å². The number of nitrogens with one attached hydrogen (secondary N) is 2. The van der Waals surface area contributed by atoms with E-state index in [9.17, 15) is 9.59 Å². The summed E-state index contributed by atoms with van der Waals surface area (Å²) in [5.74, 6) is -0.215. The third-order valence-corrected chi connectivity index (χ3v) is 4.50. The van der Waals surface area contributed by atoms with Gasteiger partial charge in [0.1, 0.15) is 0 Å². The van der Waals surface area contributed by atoms with Crippen molar-refractivity contribution in [3.8, 4) is 0 Å². The molecule has 6 heteroatoms. The fourth-order valence-corrected chi connectivity index (χ4v) is 3.22. The largest absolute Gasteiger partial charge is 0.378 e. The Hall–Kier alpha value is -2.86. The molecule has 2 aliphatic heterocycles. The Balaban J connectivity index is 1.55. The minimum absolute atomic E-state index is 0.0368. The summed E-state index contributed by atoms with van der Waals surface area (Å²) in [6.45, 7) is 2.99. The molecule has 25 heavy (non-hydrogen) atoms. The Morgan fingerprint density at radius 2 is 1.92 bits per heavy atom. The number of morpholine rings is 1. The highest BCUT2D eigenvalue weighted by molar-refractivity contribution is 6.07. The van der Waals surface area contributed by atoms with E-state index in [1.807, 2.05) is 24.3 Å². The summed E-state index contributed by atoms with van der Waals surface area (Å²) in [6, 6.07) is 13.1. The first-order valence-electron chi connectivity index (χ1n) is 8.36. The molecule has 0 spiro atoms. The summed E-state index contributed by atoms with van der Waals surface area (Å²) in [5, 5.41) is 5.78. The molecule has 2 aromatic rings. The van der Waals surface area contributed by atoms with E-state index < -0.39 is 0 Å². The predicted molar refractivity (Wildman–Crippen MR) is 96.2 cm³/mol. The summed E-state index contributed by atoms with van der Waals surface area (Å²) in [4.78, 5) is 26.3. The van der Waals surface area contributed by atoms with Crippen LogP contribution in [0, 0.1) is 0 Å². The van der Waals surface area contributed by atoms with Gasteiger partial charge in [0.2, 0.25) is 5.91 Å². The number of carbonyl (C=O) groups is 2. The van der Waals surface area contributed by atoms with Crippen LogP contribution in [0.4, 0.5) is 17.1 Å². The Kier molecular flexibility index (Phi) is 4.11. The average molecular weight is 337 g/mol. The van der Waals surface area contributed by atoms with Gasteiger partial charge in [-0.3, -0.25) is 9.59 Å². The normalized spacial score (nSPS) is 16.3. The Labute approximate surface area is 145 Å². The molecule has 4 rings (SSSR count). The smallest absolute Gasteiger partial charge is 0.255 e. The molecule has 0 aliphatic carbocycles. The summed E-state index contributed by atoms with van der Waals surface area (Å²) in [7, 11) is 0. The highest BCUT2D eigenvalue weighted by Crippen LogP contribution is 2.28. The van der Waals surface area contributed by atoms with E-state index in [1.165, 1.54) is 0 Å². The zero-order valence-electron chi connectivity index (χ0n) is 13.7. The van der Waals surface area contributed by atoms with Gasteiger partial charge in [0.25, 0.3) is 5.91 Å². The van der Waals surface area contributed by atoms with Crippen LogP contribution in [-0.4, -0.2) is 38.1 Å². The molecule has 128 valence electrons. The van der Waals surface area contributed by atoms with Crippen molar-refractivity contribution in [2.75, 3.05) is 41.8 Å². The third-order valence-electron chi connectivity index (χ3n) is 4.50. The molecule has 6 nitrogen and oxygen atoms in total. The van der Waals surface area contributed by atoms with Crippen molar-refractivity contribution < 1.29 is 14.3 Å². The van der Waals surface area contributed by atoms with Gasteiger partial charge >= 0.3 is 0 Å². The maximum Gasteiger partial charge on any atom is 0.255 e. The summed E-state index contributed by atoms with van der Waals surface area (Å²) in [5.41, 5.74) is 3.97. The van der Waals surface area contributed by atoms with Gasteiger partial charge in [0.15, 0.2) is 0 Å². The van der Waals surface area contributed by atoms with Gasteiger partial charge in [-0.05, 0) is 35.9 Å². The lowest BCUT2D eigenvalue weighted by Gasteiger charge is -2.30. The number of fused-ring (bicyclic) bond motifs is 1. The van der Waals surface area contributed by atoms with Crippen molar-refractivity contribution in [3.05, 3.63) is 53.6 Å². The van der Waals surface area contributed by atoms with Crippen LogP contribution < -0.4 is 15.5 Å². The van der Waals surface area contributed by atoms with E-state index >= 15 is 0 Å². The zero-order valence-corrected chi connectivity index (χ0v) is 13.7. The fourth-order valence-electron chi connectivity index (χ4n) is 3.22. The monoisotopic (exact) mass is 337 g/mol. The lowest BCUT2D eigenvalue weighted by Crippen LogP contribution is -2.36. The Bertz CT molecular complexity index is 828. The van der Waals surface area contributed by atoms with E-state index in [0.717, 1.165) is 35.7 Å². The molecular weight excluding hydrogens is 318 g/mol. The van der Waals surface area contributed by atoms with Crippen LogP contribution in [0.15, 0.2) is 42.5 Å². The standard InChI is InChI=1S/C19H19N3O3/c23-18-12-14-11-13(5-6-15(14)20-18)19(24)21-16-3-1-2-4-17(16)22-7-9-25-10-8-22/h1-6,11H,7-10,12H2,(H,20,23)(H,21,24). The number of benzene rings is 2. The number of anilines is 3. The first-order chi connectivity index (χ1) is 12.2. The molecule has 0 saturated carbocycles. The van der Waals surface area contributed by atoms with Crippen molar-refractivity contribution in [3.63, 3.8) is 0 Å². The number of hydrogen-bond acceptors (Lipinski definition) is 4. The number of para-hydroxylation sites is 2. The first kappa shape index (κ1) is 15.7. The number of ether oxygens (including phenoxy) is 1. The van der Waals surface area contributed by atoms with Gasteiger partial charge in [-0.15, -0.1) is 0 Å². The molecule has 0 aromatic heterocycles. The number of nitrogens with zero attached hydrogens (tertiary/aromatic N) is 1. The average Bonchev–Trinajstić information content (AvgIpc) is 3.02. The minimum Gasteiger partial charge on any atom is -0.378 e. The van der Waals surface area contributed by atoms with Crippen molar-refractivity contribution in [1.82, 2.24) is 0 Å². The quantitative estimate of drug-likeness (QED) is 0.901. The second-order valence-corrected chi connectivity index (χ2v) is 6.17. The second-order valence-electron chi connectivity index (χ2n) is 6.17. The topological polar surface area (TPSA) is 70.7 Å². The van der Waals surface area contributed by atoms with E-state index in [0.29, 0.717) is 25.2 Å². The van der Waals surface area contributed by atoms with Gasteiger partial charge in [-0.2, -0.15) is 0 Å². The van der Waals surface area contributed by atoms with Crippen molar-refractivity contribution in [1.29, 1.82) is 0 Å². The summed E-state index contributed by atoms with van der Waals surface area (Å²) < 4.78 is 5.40. The van der Waals surface area contributed by atoms with Crippen LogP contribution in [0.2, 0.25) is 0 Å². The molecule has 2 aromatic carbocycles. The molecule has 2 amide bonds. The molecular formula is C19H19N3O3. The van der Waals surface area contributed by atoms with E-state index in [4.69, 9.17) is 4.74 Å². The highest BCUT2D eigenvalue weighted by atomic mass is 16.5. The number of rotatable bonds is 3. The van der Waals surface area contributed by atoms with Crippen LogP contribution in [0.25, 0.3) is 0 Å². The van der Waals surface area contributed by atoms with Crippen LogP contribution >= 0.6 is 0 Å². The Morgan fingerprint density at radius 3 is 2.76 bits per heavy atom. The maximum atomic E-state index is 12.7. The first-order valence-corrected chi connectivity index (χ1v) is 8.36. The molecule has 0 unspecified atom stereocenters. The summed E-state index contributed by atoms with van der Waals surface area (Å²) in [6.07, 6.45) is 0.320. The van der Waals surface area contributed by atoms with Gasteiger partial charge < -0.3 is 20.3 Å². The number of amides is 2. The maximum absolute atomic E-state index is 12.7. The SMILES string of the molecule is O=C1Cc2cc(C(=O)Nc3ccccc3N3CCOCC3)ccc2N1. The molecule has 0 bridgehead atoms. The van der Waals surface area contributed by atoms with Crippen LogP contribution in [-0.2, 0) is 16.0 Å². The zero-order chi connectivity index (χ0) is 17.2. The van der Waals surface area contributed by atoms with Gasteiger partial charge in [0, 0.05) is 24.3 Å². The molecule has 0 atom stereocenters. The lowest BCUT2D eigenvalue weighted by atomic mass is 10.1. The lowest BCUT2D eigenvalue weighted by molar-refractivity contribution is -0.115. The number of hydrogen-bond donors (Lipinski definition) is 2. The molecule has 2 aliphatic rings. The fraction of sp³-hybridized carbons (Fsp3) is 0.263. The van der Waals surface area contributed by atoms with Crippen molar-refractivity contribution in [2.24, 2.45) is 0 Å². The van der Waals surface area contributed by atoms with E-state index in [-0.39, 0.29) is 11.8 Å². The highest BCUT2D eigenvalue weighted by Gasteiger charge is 2.20. The Morgan fingerprint density at radius 1 is 1.12 bits per heavy atom. The molecule has 1 fully saturated rings. The van der Waals surface area contributed by atoms with Crippen LogP contribution in [0.1, 0.15) is 15.9 Å². The van der Waals surface area contributed by atoms with Crippen molar-refractivity contribution >= 4 is 28.9 Å². The van der Waals surface area contributed by atoms with Gasteiger partial charge in [0.05, 0.1) is 31.0 Å². The van der Waals surface area contributed by atoms with Crippen LogP contribution in [0.5, 0.6) is 0 Å². The molecule has 2 N–H and O–H groups in total. The predicted octanol–water partition coefficient (Wildman–Crippen LogP) is 2.27.